The number of aromatic nitrogens is 1. The summed E-state index contributed by atoms with van der Waals surface area (Å²) in [4.78, 5) is 14.5. The first-order valence-electron chi connectivity index (χ1n) is 4.16. The van der Waals surface area contributed by atoms with Crippen LogP contribution in [0.25, 0.3) is 20.3 Å². The predicted molar refractivity (Wildman–Crippen MR) is 61.7 cm³/mol. The summed E-state index contributed by atoms with van der Waals surface area (Å²) in [6.45, 7) is 0. The molecule has 0 aliphatic carbocycles. The van der Waals surface area contributed by atoms with Crippen LogP contribution in [-0.2, 0) is 0 Å². The molecule has 0 fully saturated rings. The maximum Gasteiger partial charge on any atom is 0.326 e. The minimum atomic E-state index is -0.370. The summed E-state index contributed by atoms with van der Waals surface area (Å²) in [6.07, 6.45) is 1.76. The van der Waals surface area contributed by atoms with Crippen molar-refractivity contribution in [1.82, 2.24) is 4.98 Å². The SMILES string of the molecule is O=[N+]([O-])c1cc2ncc3sccc3c2s1. The van der Waals surface area contributed by atoms with Crippen LogP contribution in [-0.4, -0.2) is 9.91 Å². The molecule has 0 aromatic carbocycles. The van der Waals surface area contributed by atoms with Gasteiger partial charge in [0.2, 0.25) is 0 Å². The smallest absolute Gasteiger partial charge is 0.258 e. The van der Waals surface area contributed by atoms with Crippen molar-refractivity contribution in [2.24, 2.45) is 0 Å². The molecule has 0 spiro atoms. The van der Waals surface area contributed by atoms with Gasteiger partial charge in [0.1, 0.15) is 0 Å². The summed E-state index contributed by atoms with van der Waals surface area (Å²) in [6, 6.07) is 3.50. The maximum atomic E-state index is 10.6. The predicted octanol–water partition coefficient (Wildman–Crippen LogP) is 3.42. The number of rotatable bonds is 1. The van der Waals surface area contributed by atoms with E-state index in [0.29, 0.717) is 5.52 Å². The Morgan fingerprint density at radius 1 is 1.47 bits per heavy atom. The van der Waals surface area contributed by atoms with E-state index in [2.05, 4.69) is 4.98 Å². The summed E-state index contributed by atoms with van der Waals surface area (Å²) >= 11 is 2.78. The van der Waals surface area contributed by atoms with E-state index < -0.39 is 0 Å². The average molecular weight is 236 g/mol. The molecule has 3 heterocycles. The highest BCUT2D eigenvalue weighted by Gasteiger charge is 2.14. The molecular weight excluding hydrogens is 232 g/mol. The second-order valence-electron chi connectivity index (χ2n) is 3.01. The van der Waals surface area contributed by atoms with E-state index in [4.69, 9.17) is 0 Å². The summed E-state index contributed by atoms with van der Waals surface area (Å²) in [7, 11) is 0. The number of nitro groups is 1. The van der Waals surface area contributed by atoms with Crippen LogP contribution in [0.2, 0.25) is 0 Å². The fraction of sp³-hybridized carbons (Fsp3) is 0. The molecule has 0 saturated heterocycles. The second-order valence-corrected chi connectivity index (χ2v) is 4.99. The van der Waals surface area contributed by atoms with Crippen molar-refractivity contribution in [2.75, 3.05) is 0 Å². The van der Waals surface area contributed by atoms with Gasteiger partial charge in [0.15, 0.2) is 0 Å². The van der Waals surface area contributed by atoms with Gasteiger partial charge in [-0.3, -0.25) is 15.1 Å². The van der Waals surface area contributed by atoms with Crippen LogP contribution >= 0.6 is 22.7 Å². The van der Waals surface area contributed by atoms with Gasteiger partial charge in [0.25, 0.3) is 0 Å². The molecular formula is C9H4N2O2S2. The van der Waals surface area contributed by atoms with Crippen molar-refractivity contribution in [3.63, 3.8) is 0 Å². The summed E-state index contributed by atoms with van der Waals surface area (Å²) in [5, 5.41) is 13.8. The van der Waals surface area contributed by atoms with E-state index in [1.54, 1.807) is 17.5 Å². The van der Waals surface area contributed by atoms with Crippen molar-refractivity contribution in [3.05, 3.63) is 33.8 Å². The van der Waals surface area contributed by atoms with Crippen molar-refractivity contribution in [1.29, 1.82) is 0 Å². The number of fused-ring (bicyclic) bond motifs is 3. The van der Waals surface area contributed by atoms with Crippen LogP contribution in [0.4, 0.5) is 5.00 Å². The number of pyridine rings is 1. The molecule has 3 aromatic heterocycles. The van der Waals surface area contributed by atoms with Gasteiger partial charge < -0.3 is 0 Å². The summed E-state index contributed by atoms with van der Waals surface area (Å²) in [5.74, 6) is 0. The standard InChI is InChI=1S/C9H4N2O2S2/c12-11(13)8-3-6-9(15-8)5-1-2-14-7(5)4-10-6/h1-4H. The Labute approximate surface area is 91.9 Å². The number of hydrogen-bond acceptors (Lipinski definition) is 5. The number of nitrogens with zero attached hydrogens (tertiary/aromatic N) is 2. The van der Waals surface area contributed by atoms with Gasteiger partial charge in [-0.1, -0.05) is 11.3 Å². The molecule has 0 radical (unpaired) electrons. The fourth-order valence-electron chi connectivity index (χ4n) is 1.48. The van der Waals surface area contributed by atoms with Crippen LogP contribution in [0.1, 0.15) is 0 Å². The summed E-state index contributed by atoms with van der Waals surface area (Å²) < 4.78 is 1.97. The van der Waals surface area contributed by atoms with Crippen LogP contribution in [0.3, 0.4) is 0 Å². The quantitative estimate of drug-likeness (QED) is 0.480. The highest BCUT2D eigenvalue weighted by Crippen LogP contribution is 2.36. The van der Waals surface area contributed by atoms with Crippen molar-refractivity contribution >= 4 is 48.0 Å². The first kappa shape index (κ1) is 8.75. The Kier molecular flexibility index (Phi) is 1.74. The third kappa shape index (κ3) is 1.22. The van der Waals surface area contributed by atoms with E-state index in [0.717, 1.165) is 14.8 Å². The molecule has 0 N–H and O–H groups in total. The molecule has 0 unspecified atom stereocenters. The molecule has 0 amide bonds. The Bertz CT molecular complexity index is 671. The average Bonchev–Trinajstić information content (AvgIpc) is 2.82. The summed E-state index contributed by atoms with van der Waals surface area (Å²) in [5.41, 5.74) is 0.706. The lowest BCUT2D eigenvalue weighted by atomic mass is 10.3. The van der Waals surface area contributed by atoms with E-state index in [9.17, 15) is 10.1 Å². The van der Waals surface area contributed by atoms with Crippen LogP contribution in [0.5, 0.6) is 0 Å². The van der Waals surface area contributed by atoms with Gasteiger partial charge in [-0.15, -0.1) is 11.3 Å². The number of thiophene rings is 2. The van der Waals surface area contributed by atoms with Crippen LogP contribution in [0.15, 0.2) is 23.7 Å². The lowest BCUT2D eigenvalue weighted by molar-refractivity contribution is -0.380. The molecule has 3 rings (SSSR count). The molecule has 6 heteroatoms. The highest BCUT2D eigenvalue weighted by atomic mass is 32.1. The largest absolute Gasteiger partial charge is 0.326 e. The molecule has 3 aromatic rings. The first-order chi connectivity index (χ1) is 7.25. The van der Waals surface area contributed by atoms with E-state index in [1.807, 2.05) is 11.4 Å². The Hall–Kier alpha value is -1.53. The Morgan fingerprint density at radius 2 is 2.33 bits per heavy atom. The molecule has 74 valence electrons. The lowest BCUT2D eigenvalue weighted by Gasteiger charge is -1.88. The minimum Gasteiger partial charge on any atom is -0.258 e. The van der Waals surface area contributed by atoms with E-state index in [-0.39, 0.29) is 9.92 Å². The third-order valence-corrected chi connectivity index (χ3v) is 4.10. The van der Waals surface area contributed by atoms with Crippen LogP contribution < -0.4 is 0 Å². The van der Waals surface area contributed by atoms with Crippen molar-refractivity contribution < 1.29 is 4.92 Å². The molecule has 15 heavy (non-hydrogen) atoms. The Morgan fingerprint density at radius 3 is 3.13 bits per heavy atom. The molecule has 0 bridgehead atoms. The first-order valence-corrected chi connectivity index (χ1v) is 5.85. The number of hydrogen-bond donors (Lipinski definition) is 0. The zero-order chi connectivity index (χ0) is 10.4. The normalized spacial score (nSPS) is 11.2. The van der Waals surface area contributed by atoms with Gasteiger partial charge in [0, 0.05) is 11.6 Å². The monoisotopic (exact) mass is 236 g/mol. The van der Waals surface area contributed by atoms with Crippen molar-refractivity contribution in [2.45, 2.75) is 0 Å². The third-order valence-electron chi connectivity index (χ3n) is 2.14. The van der Waals surface area contributed by atoms with E-state index >= 15 is 0 Å². The topological polar surface area (TPSA) is 56.0 Å². The van der Waals surface area contributed by atoms with Gasteiger partial charge >= 0.3 is 5.00 Å². The molecule has 0 saturated carbocycles. The minimum absolute atomic E-state index is 0.149. The van der Waals surface area contributed by atoms with Gasteiger partial charge in [0.05, 0.1) is 25.9 Å². The second kappa shape index (κ2) is 2.98. The zero-order valence-corrected chi connectivity index (χ0v) is 8.97. The van der Waals surface area contributed by atoms with Gasteiger partial charge in [-0.2, -0.15) is 0 Å². The van der Waals surface area contributed by atoms with Crippen LogP contribution in [0, 0.1) is 10.1 Å². The molecule has 0 atom stereocenters. The van der Waals surface area contributed by atoms with Gasteiger partial charge in [-0.25, -0.2) is 0 Å². The zero-order valence-electron chi connectivity index (χ0n) is 7.34. The highest BCUT2D eigenvalue weighted by molar-refractivity contribution is 7.24. The maximum absolute atomic E-state index is 10.6. The molecule has 4 nitrogen and oxygen atoms in total. The molecule has 0 aliphatic rings. The lowest BCUT2D eigenvalue weighted by Crippen LogP contribution is -1.80. The fourth-order valence-corrected chi connectivity index (χ4v) is 3.27. The Balaban J connectivity index is 2.46. The molecule has 0 aliphatic heterocycles. The van der Waals surface area contributed by atoms with E-state index in [1.165, 1.54) is 17.4 Å². The van der Waals surface area contributed by atoms with Crippen molar-refractivity contribution in [3.8, 4) is 0 Å². The van der Waals surface area contributed by atoms with Gasteiger partial charge in [-0.05, 0) is 11.4 Å².